The highest BCUT2D eigenvalue weighted by Crippen LogP contribution is 2.53. The summed E-state index contributed by atoms with van der Waals surface area (Å²) in [5.74, 6) is -0.256. The first-order chi connectivity index (χ1) is 28.6. The van der Waals surface area contributed by atoms with Gasteiger partial charge >= 0.3 is 0 Å². The molecule has 0 amide bonds. The van der Waals surface area contributed by atoms with E-state index >= 15 is 4.39 Å². The number of halogens is 1. The predicted octanol–water partition coefficient (Wildman–Crippen LogP) is 16.6. The van der Waals surface area contributed by atoms with Crippen LogP contribution < -0.4 is 0 Å². The molecule has 58 heavy (non-hydrogen) atoms. The lowest BCUT2D eigenvalue weighted by atomic mass is 9.77. The first-order valence-electron chi connectivity index (χ1n) is 20.2. The summed E-state index contributed by atoms with van der Waals surface area (Å²) in [7, 11) is 0. The average molecular weight is 747 g/mol. The van der Waals surface area contributed by atoms with Crippen molar-refractivity contribution in [2.24, 2.45) is 0 Å². The molecule has 1 heteroatoms. The Kier molecular flexibility index (Phi) is 9.96. The fourth-order valence-corrected chi connectivity index (χ4v) is 8.69. The second-order valence-corrected chi connectivity index (χ2v) is 14.6. The number of benzene rings is 10. The summed E-state index contributed by atoms with van der Waals surface area (Å²) in [5.41, 5.74) is 14.6. The van der Waals surface area contributed by atoms with Crippen LogP contribution in [0.1, 0.15) is 19.4 Å². The second-order valence-electron chi connectivity index (χ2n) is 14.6. The standard InChI is InChI=1S/C55H37F.C2H6/c1-36-14-12-19-43(34-36)52-48-24-10-11-25-49(48)53(44-20-13-21-45(56)35-44)55-51(42-32-28-40(29-33-42)38-17-6-3-7-18-38)47-23-9-8-22-46(47)50(54(52)55)41-30-26-39(27-31-41)37-15-4-2-5-16-37;1-2/h2-35H,1H3;1-2H3. The molecule has 278 valence electrons. The van der Waals surface area contributed by atoms with E-state index in [1.165, 1.54) is 44.8 Å². The summed E-state index contributed by atoms with van der Waals surface area (Å²) in [6.45, 7) is 6.16. The van der Waals surface area contributed by atoms with E-state index in [1.54, 1.807) is 6.07 Å². The van der Waals surface area contributed by atoms with Gasteiger partial charge < -0.3 is 0 Å². The minimum atomic E-state index is -0.256. The zero-order valence-electron chi connectivity index (χ0n) is 33.0. The fraction of sp³-hybridized carbons (Fsp3) is 0.0526. The van der Waals surface area contributed by atoms with Crippen LogP contribution in [0, 0.1) is 12.7 Å². The van der Waals surface area contributed by atoms with Gasteiger partial charge in [0.2, 0.25) is 0 Å². The van der Waals surface area contributed by atoms with Gasteiger partial charge in [0.1, 0.15) is 5.82 Å². The number of rotatable bonds is 6. The highest BCUT2D eigenvalue weighted by Gasteiger charge is 2.26. The van der Waals surface area contributed by atoms with Crippen LogP contribution >= 0.6 is 0 Å². The van der Waals surface area contributed by atoms with Crippen LogP contribution in [-0.4, -0.2) is 0 Å². The van der Waals surface area contributed by atoms with Crippen LogP contribution in [0.3, 0.4) is 0 Å². The molecule has 0 aromatic heterocycles. The molecule has 0 unspecified atom stereocenters. The average Bonchev–Trinajstić information content (AvgIpc) is 3.29. The minimum Gasteiger partial charge on any atom is -0.207 e. The van der Waals surface area contributed by atoms with E-state index in [2.05, 4.69) is 195 Å². The second kappa shape index (κ2) is 15.8. The van der Waals surface area contributed by atoms with Gasteiger partial charge in [0, 0.05) is 0 Å². The Morgan fingerprint density at radius 2 is 0.586 bits per heavy atom. The Balaban J connectivity index is 0.00000215. The molecule has 10 aromatic rings. The van der Waals surface area contributed by atoms with Crippen molar-refractivity contribution in [1.82, 2.24) is 0 Å². The first kappa shape index (κ1) is 36.5. The van der Waals surface area contributed by atoms with E-state index in [-0.39, 0.29) is 5.82 Å². The lowest BCUT2D eigenvalue weighted by Gasteiger charge is -2.25. The number of hydrogen-bond acceptors (Lipinski definition) is 0. The Hall–Kier alpha value is -7.09. The lowest BCUT2D eigenvalue weighted by molar-refractivity contribution is 0.628. The van der Waals surface area contributed by atoms with E-state index in [1.807, 2.05) is 19.9 Å². The molecule has 0 N–H and O–H groups in total. The SMILES string of the molecule is CC.Cc1cccc(-c2c3ccccc3c(-c3cccc(F)c3)c3c(-c4ccc(-c5ccccc5)cc4)c4ccccc4c(-c4ccc(-c5ccccc5)cc4)c23)c1. The largest absolute Gasteiger partial charge is 0.207 e. The zero-order chi connectivity index (χ0) is 39.6. The van der Waals surface area contributed by atoms with E-state index in [0.717, 1.165) is 65.9 Å². The molecule has 0 saturated carbocycles. The van der Waals surface area contributed by atoms with Crippen molar-refractivity contribution in [3.05, 3.63) is 218 Å². The third-order valence-electron chi connectivity index (χ3n) is 11.2. The van der Waals surface area contributed by atoms with Crippen molar-refractivity contribution >= 4 is 32.3 Å². The molecule has 10 rings (SSSR count). The Bertz CT molecular complexity index is 2840. The van der Waals surface area contributed by atoms with Crippen LogP contribution in [0.15, 0.2) is 206 Å². The summed E-state index contributed by atoms with van der Waals surface area (Å²) < 4.78 is 15.4. The predicted molar refractivity (Wildman–Crippen MR) is 248 cm³/mol. The van der Waals surface area contributed by atoms with Crippen LogP contribution in [0.25, 0.3) is 99.1 Å². The van der Waals surface area contributed by atoms with Crippen LogP contribution in [0.5, 0.6) is 0 Å². The molecule has 0 saturated heterocycles. The van der Waals surface area contributed by atoms with Gasteiger partial charge in [-0.1, -0.05) is 214 Å². The van der Waals surface area contributed by atoms with Crippen molar-refractivity contribution < 1.29 is 4.39 Å². The third-order valence-corrected chi connectivity index (χ3v) is 11.2. The molecule has 0 nitrogen and oxygen atoms in total. The van der Waals surface area contributed by atoms with Crippen molar-refractivity contribution in [3.63, 3.8) is 0 Å². The van der Waals surface area contributed by atoms with Gasteiger partial charge in [-0.3, -0.25) is 0 Å². The molecular formula is C57H43F. The van der Waals surface area contributed by atoms with Gasteiger partial charge in [-0.2, -0.15) is 0 Å². The molecule has 0 aliphatic heterocycles. The smallest absolute Gasteiger partial charge is 0.123 e. The molecule has 0 radical (unpaired) electrons. The first-order valence-corrected chi connectivity index (χ1v) is 20.2. The molecule has 0 bridgehead atoms. The highest BCUT2D eigenvalue weighted by atomic mass is 19.1. The molecule has 10 aromatic carbocycles. The summed E-state index contributed by atoms with van der Waals surface area (Å²) in [6, 6.07) is 72.5. The van der Waals surface area contributed by atoms with Crippen molar-refractivity contribution in [1.29, 1.82) is 0 Å². The van der Waals surface area contributed by atoms with Gasteiger partial charge in [0.25, 0.3) is 0 Å². The van der Waals surface area contributed by atoms with Crippen molar-refractivity contribution in [3.8, 4) is 66.8 Å². The Morgan fingerprint density at radius 3 is 0.983 bits per heavy atom. The van der Waals surface area contributed by atoms with Crippen molar-refractivity contribution in [2.75, 3.05) is 0 Å². The van der Waals surface area contributed by atoms with Gasteiger partial charge in [0.05, 0.1) is 0 Å². The highest BCUT2D eigenvalue weighted by molar-refractivity contribution is 6.33. The molecule has 0 aliphatic rings. The molecule has 0 atom stereocenters. The monoisotopic (exact) mass is 746 g/mol. The Morgan fingerprint density at radius 1 is 0.276 bits per heavy atom. The summed E-state index contributed by atoms with van der Waals surface area (Å²) >= 11 is 0. The minimum absolute atomic E-state index is 0.256. The maximum Gasteiger partial charge on any atom is 0.123 e. The van der Waals surface area contributed by atoms with Crippen LogP contribution in [-0.2, 0) is 0 Å². The molecule has 0 aliphatic carbocycles. The number of aryl methyl sites for hydroxylation is 1. The quantitative estimate of drug-likeness (QED) is 0.149. The normalized spacial score (nSPS) is 11.1. The van der Waals surface area contributed by atoms with E-state index < -0.39 is 0 Å². The van der Waals surface area contributed by atoms with Gasteiger partial charge in [0.15, 0.2) is 0 Å². The molecule has 0 spiro atoms. The van der Waals surface area contributed by atoms with E-state index in [9.17, 15) is 0 Å². The van der Waals surface area contributed by atoms with Crippen LogP contribution in [0.4, 0.5) is 4.39 Å². The van der Waals surface area contributed by atoms with E-state index in [0.29, 0.717) is 0 Å². The molecular weight excluding hydrogens is 704 g/mol. The van der Waals surface area contributed by atoms with Crippen molar-refractivity contribution in [2.45, 2.75) is 20.8 Å². The van der Waals surface area contributed by atoms with Gasteiger partial charge in [-0.15, -0.1) is 0 Å². The molecule has 0 fully saturated rings. The lowest BCUT2D eigenvalue weighted by Crippen LogP contribution is -1.98. The Labute approximate surface area is 340 Å². The number of fused-ring (bicyclic) bond motifs is 3. The fourth-order valence-electron chi connectivity index (χ4n) is 8.69. The summed E-state index contributed by atoms with van der Waals surface area (Å²) in [6.07, 6.45) is 0. The third kappa shape index (κ3) is 6.55. The maximum absolute atomic E-state index is 15.4. The maximum atomic E-state index is 15.4. The molecule has 0 heterocycles. The van der Waals surface area contributed by atoms with Crippen LogP contribution in [0.2, 0.25) is 0 Å². The number of hydrogen-bond donors (Lipinski definition) is 0. The summed E-state index contributed by atoms with van der Waals surface area (Å²) in [4.78, 5) is 0. The van der Waals surface area contributed by atoms with E-state index in [4.69, 9.17) is 0 Å². The summed E-state index contributed by atoms with van der Waals surface area (Å²) in [5, 5.41) is 6.81. The topological polar surface area (TPSA) is 0 Å². The zero-order valence-corrected chi connectivity index (χ0v) is 33.0. The van der Waals surface area contributed by atoms with Gasteiger partial charge in [-0.25, -0.2) is 4.39 Å². The van der Waals surface area contributed by atoms with Gasteiger partial charge in [-0.05, 0) is 118 Å².